The van der Waals surface area contributed by atoms with Crippen molar-refractivity contribution in [2.24, 2.45) is 5.10 Å². The second kappa shape index (κ2) is 9.00. The van der Waals surface area contributed by atoms with E-state index in [1.54, 1.807) is 26.0 Å². The normalized spacial score (nSPS) is 15.7. The zero-order valence-corrected chi connectivity index (χ0v) is 18.6. The number of hydrazone groups is 1. The van der Waals surface area contributed by atoms with E-state index in [-0.39, 0.29) is 40.5 Å². The number of fused-ring (bicyclic) bond motifs is 1. The smallest absolute Gasteiger partial charge is 0.453 e. The molecule has 1 aromatic carbocycles. The maximum atomic E-state index is 13.6. The molecule has 0 saturated carbocycles. The van der Waals surface area contributed by atoms with Crippen LogP contribution in [0.5, 0.6) is 5.75 Å². The molecule has 13 heteroatoms. The van der Waals surface area contributed by atoms with Crippen LogP contribution >= 0.6 is 0 Å². The number of carbonyl (C=O) groups is 2. The number of aryl methyl sites for hydroxylation is 3. The first kappa shape index (κ1) is 26.2. The molecule has 0 spiro atoms. The van der Waals surface area contributed by atoms with E-state index in [4.69, 9.17) is 9.15 Å². The minimum Gasteiger partial charge on any atom is -0.453 e. The van der Waals surface area contributed by atoms with Crippen molar-refractivity contribution in [3.8, 4) is 5.75 Å². The molecule has 1 amide bonds. The molecule has 190 valence electrons. The highest BCUT2D eigenvalue weighted by Crippen LogP contribution is 2.46. The number of benzene rings is 1. The van der Waals surface area contributed by atoms with Gasteiger partial charge in [-0.2, -0.15) is 35.8 Å². The molecule has 1 aromatic heterocycles. The third-order valence-electron chi connectivity index (χ3n) is 5.24. The van der Waals surface area contributed by atoms with Gasteiger partial charge in [0.15, 0.2) is 0 Å². The van der Waals surface area contributed by atoms with Crippen LogP contribution in [0.15, 0.2) is 27.7 Å². The maximum Gasteiger partial charge on any atom is 0.460 e. The number of amides is 1. The Morgan fingerprint density at radius 2 is 1.57 bits per heavy atom. The molecule has 0 unspecified atom stereocenters. The largest absolute Gasteiger partial charge is 0.460 e. The second-order valence-corrected chi connectivity index (χ2v) is 8.07. The highest BCUT2D eigenvalue weighted by atomic mass is 19.4. The molecule has 1 aliphatic rings. The van der Waals surface area contributed by atoms with Gasteiger partial charge in [0.05, 0.1) is 5.71 Å². The van der Waals surface area contributed by atoms with E-state index < -0.39 is 29.9 Å². The van der Waals surface area contributed by atoms with Crippen molar-refractivity contribution in [2.75, 3.05) is 0 Å². The van der Waals surface area contributed by atoms with Gasteiger partial charge in [0, 0.05) is 17.5 Å². The quantitative estimate of drug-likeness (QED) is 0.253. The Kier molecular flexibility index (Phi) is 6.75. The maximum absolute atomic E-state index is 13.6. The van der Waals surface area contributed by atoms with Crippen LogP contribution in [-0.4, -0.2) is 35.6 Å². The van der Waals surface area contributed by atoms with Crippen molar-refractivity contribution in [2.45, 2.75) is 58.1 Å². The Balaban J connectivity index is 1.86. The SMILES string of the molecule is Cc1cc(C)cc(OC(=O)c2oc3c(c2C)/C(=N/NC(=O)C(F)(F)C(F)(F)C(F)(F)F)CCC3)c1. The third kappa shape index (κ3) is 4.89. The fraction of sp³-hybridized carbons (Fsp3) is 0.409. The van der Waals surface area contributed by atoms with Gasteiger partial charge in [-0.3, -0.25) is 4.79 Å². The fourth-order valence-electron chi connectivity index (χ4n) is 3.63. The van der Waals surface area contributed by atoms with Crippen LogP contribution < -0.4 is 10.2 Å². The zero-order chi connectivity index (χ0) is 26.3. The van der Waals surface area contributed by atoms with E-state index in [1.165, 1.54) is 6.92 Å². The van der Waals surface area contributed by atoms with Gasteiger partial charge in [-0.05, 0) is 56.9 Å². The van der Waals surface area contributed by atoms with Crippen LogP contribution in [0.4, 0.5) is 30.7 Å². The first-order valence-corrected chi connectivity index (χ1v) is 10.2. The Morgan fingerprint density at radius 1 is 0.971 bits per heavy atom. The van der Waals surface area contributed by atoms with E-state index in [2.05, 4.69) is 5.10 Å². The van der Waals surface area contributed by atoms with Gasteiger partial charge in [-0.15, -0.1) is 0 Å². The number of esters is 1. The van der Waals surface area contributed by atoms with Crippen molar-refractivity contribution in [3.63, 3.8) is 0 Å². The highest BCUT2D eigenvalue weighted by Gasteiger charge is 2.76. The lowest BCUT2D eigenvalue weighted by molar-refractivity contribution is -0.344. The number of ether oxygens (including phenoxy) is 1. The number of hydrogen-bond acceptors (Lipinski definition) is 5. The summed E-state index contributed by atoms with van der Waals surface area (Å²) in [5.74, 6) is -16.3. The van der Waals surface area contributed by atoms with E-state index in [1.807, 2.05) is 6.07 Å². The number of rotatable bonds is 5. The molecule has 0 radical (unpaired) electrons. The van der Waals surface area contributed by atoms with Gasteiger partial charge in [0.2, 0.25) is 5.76 Å². The molecule has 1 aliphatic carbocycles. The predicted molar refractivity (Wildman–Crippen MR) is 108 cm³/mol. The first-order chi connectivity index (χ1) is 16.1. The predicted octanol–water partition coefficient (Wildman–Crippen LogP) is 5.41. The van der Waals surface area contributed by atoms with E-state index in [9.17, 15) is 40.3 Å². The molecule has 0 bridgehead atoms. The standard InChI is InChI=1S/C22H19F7N2O4/c1-10-7-11(2)9-13(8-10)34-18(32)17-12(3)16-14(5-4-6-15(16)35-17)30-31-19(33)20(23,24)21(25,26)22(27,28)29/h7-9H,4-6H2,1-3H3,(H,31,33)/b30-14+. The van der Waals surface area contributed by atoms with Gasteiger partial charge < -0.3 is 9.15 Å². The van der Waals surface area contributed by atoms with Crippen molar-refractivity contribution in [1.82, 2.24) is 5.43 Å². The summed E-state index contributed by atoms with van der Waals surface area (Å²) in [7, 11) is 0. The first-order valence-electron chi connectivity index (χ1n) is 10.2. The lowest BCUT2D eigenvalue weighted by atomic mass is 9.93. The number of carbonyl (C=O) groups excluding carboxylic acids is 2. The number of alkyl halides is 7. The molecule has 1 heterocycles. The van der Waals surface area contributed by atoms with E-state index in [0.29, 0.717) is 12.8 Å². The zero-order valence-electron chi connectivity index (χ0n) is 18.6. The summed E-state index contributed by atoms with van der Waals surface area (Å²) < 4.78 is 101. The van der Waals surface area contributed by atoms with Crippen molar-refractivity contribution in [1.29, 1.82) is 0 Å². The molecular formula is C22H19F7N2O4. The highest BCUT2D eigenvalue weighted by molar-refractivity contribution is 6.06. The summed E-state index contributed by atoms with van der Waals surface area (Å²) in [6.45, 7) is 5.02. The Morgan fingerprint density at radius 3 is 2.14 bits per heavy atom. The third-order valence-corrected chi connectivity index (χ3v) is 5.24. The van der Waals surface area contributed by atoms with Crippen molar-refractivity contribution < 1.29 is 49.5 Å². The minimum absolute atomic E-state index is 0.0421. The molecule has 0 fully saturated rings. The van der Waals surface area contributed by atoms with Crippen LogP contribution in [0.25, 0.3) is 0 Å². The minimum atomic E-state index is -6.66. The summed E-state index contributed by atoms with van der Waals surface area (Å²) in [5, 5.41) is 3.35. The summed E-state index contributed by atoms with van der Waals surface area (Å²) >= 11 is 0. The summed E-state index contributed by atoms with van der Waals surface area (Å²) in [6.07, 6.45) is -6.01. The fourth-order valence-corrected chi connectivity index (χ4v) is 3.63. The number of hydrogen-bond donors (Lipinski definition) is 1. The topological polar surface area (TPSA) is 80.9 Å². The molecule has 2 aromatic rings. The van der Waals surface area contributed by atoms with Crippen molar-refractivity contribution in [3.05, 3.63) is 52.0 Å². The molecule has 0 saturated heterocycles. The van der Waals surface area contributed by atoms with Crippen LogP contribution in [-0.2, 0) is 11.2 Å². The summed E-state index contributed by atoms with van der Waals surface area (Å²) in [5.41, 5.74) is 2.96. The Labute approximate surface area is 194 Å². The van der Waals surface area contributed by atoms with Gasteiger partial charge >= 0.3 is 29.9 Å². The molecule has 0 aliphatic heterocycles. The van der Waals surface area contributed by atoms with Gasteiger partial charge in [0.1, 0.15) is 11.5 Å². The van der Waals surface area contributed by atoms with Crippen LogP contribution in [0.3, 0.4) is 0 Å². The van der Waals surface area contributed by atoms with E-state index in [0.717, 1.165) is 16.6 Å². The monoisotopic (exact) mass is 508 g/mol. The number of nitrogens with one attached hydrogen (secondary N) is 1. The summed E-state index contributed by atoms with van der Waals surface area (Å²) in [4.78, 5) is 24.2. The van der Waals surface area contributed by atoms with Crippen LogP contribution in [0, 0.1) is 20.8 Å². The molecule has 3 rings (SSSR count). The molecule has 6 nitrogen and oxygen atoms in total. The van der Waals surface area contributed by atoms with Crippen molar-refractivity contribution >= 4 is 17.6 Å². The van der Waals surface area contributed by atoms with Gasteiger partial charge in [-0.25, -0.2) is 10.2 Å². The molecular weight excluding hydrogens is 489 g/mol. The van der Waals surface area contributed by atoms with Crippen LogP contribution in [0.2, 0.25) is 0 Å². The van der Waals surface area contributed by atoms with E-state index >= 15 is 0 Å². The second-order valence-electron chi connectivity index (χ2n) is 8.07. The molecule has 1 N–H and O–H groups in total. The number of nitrogens with zero attached hydrogens (tertiary/aromatic N) is 1. The Bertz CT molecular complexity index is 1180. The number of furan rings is 1. The lowest BCUT2D eigenvalue weighted by Crippen LogP contribution is -2.58. The average Bonchev–Trinajstić information content (AvgIpc) is 3.07. The van der Waals surface area contributed by atoms with Gasteiger partial charge in [-0.1, -0.05) is 6.07 Å². The lowest BCUT2D eigenvalue weighted by Gasteiger charge is -2.26. The summed E-state index contributed by atoms with van der Waals surface area (Å²) in [6, 6.07) is 5.09. The number of halogens is 7. The molecule has 0 atom stereocenters. The van der Waals surface area contributed by atoms with Crippen LogP contribution in [0.1, 0.15) is 51.4 Å². The Hall–Kier alpha value is -3.38. The molecule has 35 heavy (non-hydrogen) atoms. The van der Waals surface area contributed by atoms with Gasteiger partial charge in [0.25, 0.3) is 0 Å². The average molecular weight is 508 g/mol.